The van der Waals surface area contributed by atoms with E-state index in [0.29, 0.717) is 0 Å². The normalized spacial score (nSPS) is 10.5. The maximum atomic E-state index is 5.40. The van der Waals surface area contributed by atoms with Crippen LogP contribution in [0.5, 0.6) is 0 Å². The summed E-state index contributed by atoms with van der Waals surface area (Å²) in [5.74, 6) is 1.62. The van der Waals surface area contributed by atoms with E-state index in [1.54, 1.807) is 12.5 Å². The minimum atomic E-state index is 0.798. The van der Waals surface area contributed by atoms with Gasteiger partial charge in [-0.05, 0) is 30.3 Å². The first-order valence-corrected chi connectivity index (χ1v) is 5.03. The van der Waals surface area contributed by atoms with Crippen molar-refractivity contribution in [3.63, 3.8) is 0 Å². The smallest absolute Gasteiger partial charge is 0.135 e. The number of benzene rings is 1. The Labute approximate surface area is 93.1 Å². The second-order valence-corrected chi connectivity index (χ2v) is 3.41. The highest BCUT2D eigenvalue weighted by atomic mass is 16.3. The molecule has 2 aromatic heterocycles. The zero-order valence-corrected chi connectivity index (χ0v) is 8.51. The van der Waals surface area contributed by atoms with Crippen molar-refractivity contribution < 1.29 is 8.83 Å². The summed E-state index contributed by atoms with van der Waals surface area (Å²) in [4.78, 5) is 0. The van der Waals surface area contributed by atoms with Gasteiger partial charge >= 0.3 is 0 Å². The van der Waals surface area contributed by atoms with Crippen LogP contribution >= 0.6 is 0 Å². The first kappa shape index (κ1) is 9.04. The quantitative estimate of drug-likeness (QED) is 0.637. The van der Waals surface area contributed by atoms with E-state index in [9.17, 15) is 0 Å². The molecule has 0 aliphatic carbocycles. The minimum absolute atomic E-state index is 0.798. The summed E-state index contributed by atoms with van der Waals surface area (Å²) in [7, 11) is 0. The van der Waals surface area contributed by atoms with E-state index in [0.717, 1.165) is 22.6 Å². The fraction of sp³-hybridized carbons (Fsp3) is 0. The largest absolute Gasteiger partial charge is 0.464 e. The van der Waals surface area contributed by atoms with Crippen molar-refractivity contribution in [2.45, 2.75) is 0 Å². The third kappa shape index (κ3) is 1.44. The molecule has 0 amide bonds. The molecule has 77 valence electrons. The molecule has 0 bridgehead atoms. The molecule has 0 N–H and O–H groups in total. The van der Waals surface area contributed by atoms with Gasteiger partial charge in [0.2, 0.25) is 0 Å². The summed E-state index contributed by atoms with van der Waals surface area (Å²) >= 11 is 0. The molecule has 2 nitrogen and oxygen atoms in total. The number of hydrogen-bond donors (Lipinski definition) is 0. The zero-order chi connectivity index (χ0) is 10.8. The number of hydrogen-bond acceptors (Lipinski definition) is 2. The second kappa shape index (κ2) is 3.74. The molecule has 1 radical (unpaired) electrons. The highest BCUT2D eigenvalue weighted by Crippen LogP contribution is 2.31. The van der Waals surface area contributed by atoms with E-state index in [4.69, 9.17) is 8.83 Å². The van der Waals surface area contributed by atoms with Gasteiger partial charge in [-0.3, -0.25) is 0 Å². The van der Waals surface area contributed by atoms with Crippen LogP contribution in [0, 0.1) is 6.07 Å². The van der Waals surface area contributed by atoms with Crippen LogP contribution in [0.2, 0.25) is 0 Å². The average molecular weight is 209 g/mol. The van der Waals surface area contributed by atoms with Gasteiger partial charge in [0.05, 0.1) is 12.5 Å². The monoisotopic (exact) mass is 209 g/mol. The van der Waals surface area contributed by atoms with Crippen molar-refractivity contribution in [1.29, 1.82) is 0 Å². The van der Waals surface area contributed by atoms with Crippen molar-refractivity contribution in [1.82, 2.24) is 0 Å². The molecule has 0 fully saturated rings. The van der Waals surface area contributed by atoms with E-state index >= 15 is 0 Å². The van der Waals surface area contributed by atoms with Crippen LogP contribution in [-0.2, 0) is 0 Å². The van der Waals surface area contributed by atoms with Crippen molar-refractivity contribution in [2.24, 2.45) is 0 Å². The molecule has 16 heavy (non-hydrogen) atoms. The molecule has 3 rings (SSSR count). The molecule has 2 heteroatoms. The Kier molecular flexibility index (Phi) is 2.11. The molecule has 1 aromatic carbocycles. The van der Waals surface area contributed by atoms with Gasteiger partial charge in [0.25, 0.3) is 0 Å². The molecule has 0 spiro atoms. The molecule has 0 unspecified atom stereocenters. The Morgan fingerprint density at radius 3 is 2.25 bits per heavy atom. The Bertz CT molecular complexity index is 509. The third-order valence-corrected chi connectivity index (χ3v) is 2.41. The van der Waals surface area contributed by atoms with Gasteiger partial charge < -0.3 is 8.83 Å². The fourth-order valence-corrected chi connectivity index (χ4v) is 1.70. The van der Waals surface area contributed by atoms with Crippen molar-refractivity contribution in [3.05, 3.63) is 61.1 Å². The predicted octanol–water partition coefficient (Wildman–Crippen LogP) is 4.01. The summed E-state index contributed by atoms with van der Waals surface area (Å²) in [6.07, 6.45) is 3.32. The highest BCUT2D eigenvalue weighted by molar-refractivity contribution is 5.78. The van der Waals surface area contributed by atoms with Crippen molar-refractivity contribution in [3.8, 4) is 22.6 Å². The standard InChI is InChI=1S/C14H9O2/c1-2-6-12(14-8-4-10-16-14)11(5-1)13-7-3-9-15-13/h1-5,7-10H. The van der Waals surface area contributed by atoms with E-state index in [2.05, 4.69) is 6.07 Å². The first-order chi connectivity index (χ1) is 7.95. The van der Waals surface area contributed by atoms with Crippen LogP contribution in [0.15, 0.2) is 63.8 Å². The van der Waals surface area contributed by atoms with Crippen LogP contribution in [0.4, 0.5) is 0 Å². The van der Waals surface area contributed by atoms with Crippen LogP contribution in [0.25, 0.3) is 22.6 Å². The topological polar surface area (TPSA) is 26.3 Å². The predicted molar refractivity (Wildman–Crippen MR) is 60.7 cm³/mol. The lowest BCUT2D eigenvalue weighted by atomic mass is 10.0. The first-order valence-electron chi connectivity index (χ1n) is 5.03. The number of rotatable bonds is 2. The Morgan fingerprint density at radius 1 is 0.812 bits per heavy atom. The van der Waals surface area contributed by atoms with E-state index in [1.807, 2.05) is 42.5 Å². The van der Waals surface area contributed by atoms with E-state index < -0.39 is 0 Å². The van der Waals surface area contributed by atoms with Crippen LogP contribution in [-0.4, -0.2) is 0 Å². The fourth-order valence-electron chi connectivity index (χ4n) is 1.70. The van der Waals surface area contributed by atoms with Gasteiger partial charge in [-0.1, -0.05) is 18.2 Å². The molecule has 2 heterocycles. The summed E-state index contributed by atoms with van der Waals surface area (Å²) in [5.41, 5.74) is 1.91. The van der Waals surface area contributed by atoms with Crippen molar-refractivity contribution >= 4 is 0 Å². The zero-order valence-electron chi connectivity index (χ0n) is 8.51. The Balaban J connectivity index is 2.19. The Hall–Kier alpha value is -2.22. The van der Waals surface area contributed by atoms with Gasteiger partial charge in [-0.25, -0.2) is 0 Å². The number of furan rings is 2. The Morgan fingerprint density at radius 2 is 1.56 bits per heavy atom. The summed E-state index contributed by atoms with van der Waals surface area (Å²) in [5, 5.41) is 0. The van der Waals surface area contributed by atoms with Gasteiger partial charge in [-0.2, -0.15) is 0 Å². The molecule has 0 aliphatic rings. The van der Waals surface area contributed by atoms with Gasteiger partial charge in [0, 0.05) is 11.1 Å². The van der Waals surface area contributed by atoms with Gasteiger partial charge in [0.15, 0.2) is 0 Å². The molecule has 0 atom stereocenters. The van der Waals surface area contributed by atoms with E-state index in [1.165, 1.54) is 0 Å². The molecule has 0 saturated heterocycles. The molecule has 3 aromatic rings. The van der Waals surface area contributed by atoms with Crippen LogP contribution in [0.1, 0.15) is 0 Å². The van der Waals surface area contributed by atoms with Gasteiger partial charge in [0.1, 0.15) is 11.5 Å². The minimum Gasteiger partial charge on any atom is -0.464 e. The molecular formula is C14H9O2. The van der Waals surface area contributed by atoms with Crippen LogP contribution in [0.3, 0.4) is 0 Å². The molecular weight excluding hydrogens is 200 g/mol. The lowest BCUT2D eigenvalue weighted by Crippen LogP contribution is -1.81. The lowest BCUT2D eigenvalue weighted by Gasteiger charge is -2.03. The molecule has 0 saturated carbocycles. The van der Waals surface area contributed by atoms with Gasteiger partial charge in [-0.15, -0.1) is 0 Å². The van der Waals surface area contributed by atoms with E-state index in [-0.39, 0.29) is 0 Å². The van der Waals surface area contributed by atoms with Crippen LogP contribution < -0.4 is 0 Å². The summed E-state index contributed by atoms with van der Waals surface area (Å²) in [6, 6.07) is 16.5. The van der Waals surface area contributed by atoms with Crippen molar-refractivity contribution in [2.75, 3.05) is 0 Å². The summed E-state index contributed by atoms with van der Waals surface area (Å²) in [6.45, 7) is 0. The summed E-state index contributed by atoms with van der Waals surface area (Å²) < 4.78 is 10.8. The molecule has 0 aliphatic heterocycles. The SMILES string of the molecule is [c]1cccc(-c2ccco2)c1-c1ccco1. The second-order valence-electron chi connectivity index (χ2n) is 3.41. The maximum Gasteiger partial charge on any atom is 0.135 e. The average Bonchev–Trinajstić information content (AvgIpc) is 3.03. The highest BCUT2D eigenvalue weighted by Gasteiger charge is 2.10. The third-order valence-electron chi connectivity index (χ3n) is 2.41. The maximum absolute atomic E-state index is 5.40. The lowest BCUT2D eigenvalue weighted by molar-refractivity contribution is 0.575.